The van der Waals surface area contributed by atoms with Crippen LogP contribution >= 0.6 is 0 Å². The van der Waals surface area contributed by atoms with Crippen LogP contribution in [0, 0.1) is 0 Å². The van der Waals surface area contributed by atoms with Gasteiger partial charge in [0.2, 0.25) is 0 Å². The number of hydrogen-bond donors (Lipinski definition) is 0. The largest absolute Gasteiger partial charge is 0.497 e. The minimum Gasteiger partial charge on any atom is -0.497 e. The summed E-state index contributed by atoms with van der Waals surface area (Å²) in [4.78, 5) is 0. The van der Waals surface area contributed by atoms with E-state index in [4.69, 9.17) is 18.9 Å². The van der Waals surface area contributed by atoms with Crippen LogP contribution in [0.4, 0.5) is 0 Å². The Morgan fingerprint density at radius 3 is 2.59 bits per heavy atom. The molecule has 2 aliphatic heterocycles. The Bertz CT molecular complexity index is 967. The number of ether oxygens (including phenoxy) is 4. The van der Waals surface area contributed by atoms with Crippen LogP contribution in [0.1, 0.15) is 28.7 Å². The van der Waals surface area contributed by atoms with Crippen molar-refractivity contribution in [1.82, 2.24) is 0 Å². The molecule has 2 aliphatic rings. The maximum atomic E-state index is 6.25. The molecule has 136 valence electrons. The smallest absolute Gasteiger partial charge is 0.138 e. The van der Waals surface area contributed by atoms with Crippen molar-refractivity contribution in [2.45, 2.75) is 18.6 Å². The topological polar surface area (TPSA) is 36.9 Å². The van der Waals surface area contributed by atoms with Crippen LogP contribution < -0.4 is 18.9 Å². The van der Waals surface area contributed by atoms with E-state index in [1.807, 2.05) is 48.5 Å². The van der Waals surface area contributed by atoms with Gasteiger partial charge < -0.3 is 18.9 Å². The highest BCUT2D eigenvalue weighted by Gasteiger charge is 2.41. The van der Waals surface area contributed by atoms with Crippen LogP contribution in [0.15, 0.2) is 66.7 Å². The van der Waals surface area contributed by atoms with Crippen LogP contribution in [0.3, 0.4) is 0 Å². The van der Waals surface area contributed by atoms with Crippen molar-refractivity contribution < 1.29 is 18.9 Å². The molecule has 3 aromatic carbocycles. The van der Waals surface area contributed by atoms with Crippen LogP contribution in [-0.4, -0.2) is 13.7 Å². The first-order valence-corrected chi connectivity index (χ1v) is 9.10. The van der Waals surface area contributed by atoms with Crippen molar-refractivity contribution in [3.63, 3.8) is 0 Å². The van der Waals surface area contributed by atoms with Gasteiger partial charge in [-0.15, -0.1) is 0 Å². The lowest BCUT2D eigenvalue weighted by Crippen LogP contribution is -2.23. The normalized spacial score (nSPS) is 19.1. The van der Waals surface area contributed by atoms with Gasteiger partial charge in [-0.05, 0) is 35.9 Å². The van der Waals surface area contributed by atoms with Crippen LogP contribution in [0.5, 0.6) is 23.0 Å². The molecule has 0 saturated carbocycles. The SMILES string of the molecule is COc1ccc2c(c1)OCC1c3cc(OCc4ccccc4)ccc3OC21. The molecule has 0 spiro atoms. The molecule has 0 aliphatic carbocycles. The summed E-state index contributed by atoms with van der Waals surface area (Å²) in [5, 5.41) is 0. The number of methoxy groups -OCH3 is 1. The summed E-state index contributed by atoms with van der Waals surface area (Å²) in [6, 6.07) is 22.1. The van der Waals surface area contributed by atoms with Crippen molar-refractivity contribution in [1.29, 1.82) is 0 Å². The summed E-state index contributed by atoms with van der Waals surface area (Å²) in [6.07, 6.45) is -0.0287. The van der Waals surface area contributed by atoms with E-state index in [1.54, 1.807) is 7.11 Å². The van der Waals surface area contributed by atoms with E-state index >= 15 is 0 Å². The first kappa shape index (κ1) is 16.1. The highest BCUT2D eigenvalue weighted by molar-refractivity contribution is 5.52. The molecule has 0 radical (unpaired) electrons. The molecule has 2 atom stereocenters. The quantitative estimate of drug-likeness (QED) is 0.664. The zero-order valence-corrected chi connectivity index (χ0v) is 15.1. The lowest BCUT2D eigenvalue weighted by molar-refractivity contribution is 0.139. The van der Waals surface area contributed by atoms with E-state index in [1.165, 1.54) is 0 Å². The molecule has 4 nitrogen and oxygen atoms in total. The average Bonchev–Trinajstić information content (AvgIpc) is 3.11. The minimum absolute atomic E-state index is 0.0287. The predicted molar refractivity (Wildman–Crippen MR) is 102 cm³/mol. The van der Waals surface area contributed by atoms with Gasteiger partial charge in [-0.3, -0.25) is 0 Å². The Hall–Kier alpha value is -3.14. The van der Waals surface area contributed by atoms with Gasteiger partial charge in [0.1, 0.15) is 35.7 Å². The summed E-state index contributed by atoms with van der Waals surface area (Å²) >= 11 is 0. The van der Waals surface area contributed by atoms with Crippen molar-refractivity contribution in [2.75, 3.05) is 13.7 Å². The fraction of sp³-hybridized carbons (Fsp3) is 0.217. The van der Waals surface area contributed by atoms with Gasteiger partial charge in [0.15, 0.2) is 0 Å². The van der Waals surface area contributed by atoms with Gasteiger partial charge in [0.25, 0.3) is 0 Å². The summed E-state index contributed by atoms with van der Waals surface area (Å²) in [7, 11) is 1.66. The number of rotatable bonds is 4. The van der Waals surface area contributed by atoms with Gasteiger partial charge in [0.05, 0.1) is 19.6 Å². The molecule has 3 aromatic rings. The summed E-state index contributed by atoms with van der Waals surface area (Å²) in [6.45, 7) is 1.13. The predicted octanol–water partition coefficient (Wildman–Crippen LogP) is 4.88. The molecular formula is C23H20O4. The summed E-state index contributed by atoms with van der Waals surface area (Å²) in [5.74, 6) is 3.55. The van der Waals surface area contributed by atoms with E-state index < -0.39 is 0 Å². The molecule has 2 unspecified atom stereocenters. The van der Waals surface area contributed by atoms with Crippen LogP contribution in [0.2, 0.25) is 0 Å². The zero-order chi connectivity index (χ0) is 18.2. The van der Waals surface area contributed by atoms with E-state index in [0.29, 0.717) is 13.2 Å². The first-order valence-electron chi connectivity index (χ1n) is 9.10. The number of benzene rings is 3. The van der Waals surface area contributed by atoms with E-state index in [0.717, 1.165) is 39.7 Å². The first-order chi connectivity index (χ1) is 13.3. The fourth-order valence-electron chi connectivity index (χ4n) is 3.78. The van der Waals surface area contributed by atoms with E-state index in [9.17, 15) is 0 Å². The highest BCUT2D eigenvalue weighted by Crippen LogP contribution is 2.52. The summed E-state index contributed by atoms with van der Waals surface area (Å²) < 4.78 is 23.5. The lowest BCUT2D eigenvalue weighted by atomic mass is 9.89. The third-order valence-electron chi connectivity index (χ3n) is 5.19. The minimum atomic E-state index is -0.0287. The second-order valence-corrected chi connectivity index (χ2v) is 6.83. The molecule has 4 heteroatoms. The van der Waals surface area contributed by atoms with Crippen molar-refractivity contribution in [2.24, 2.45) is 0 Å². The van der Waals surface area contributed by atoms with E-state index in [2.05, 4.69) is 18.2 Å². The van der Waals surface area contributed by atoms with Gasteiger partial charge in [0, 0.05) is 17.2 Å². The van der Waals surface area contributed by atoms with Crippen molar-refractivity contribution in [3.8, 4) is 23.0 Å². The highest BCUT2D eigenvalue weighted by atomic mass is 16.5. The van der Waals surface area contributed by atoms with Crippen molar-refractivity contribution in [3.05, 3.63) is 83.4 Å². The monoisotopic (exact) mass is 360 g/mol. The molecule has 27 heavy (non-hydrogen) atoms. The van der Waals surface area contributed by atoms with Gasteiger partial charge in [-0.25, -0.2) is 0 Å². The van der Waals surface area contributed by atoms with Gasteiger partial charge >= 0.3 is 0 Å². The molecule has 0 fully saturated rings. The lowest BCUT2D eigenvalue weighted by Gasteiger charge is -2.28. The van der Waals surface area contributed by atoms with Crippen molar-refractivity contribution >= 4 is 0 Å². The second-order valence-electron chi connectivity index (χ2n) is 6.83. The standard InChI is InChI=1S/C23H20O4/c1-24-16-7-9-18-22(12-16)26-14-20-19-11-17(8-10-21(19)27-23(18)20)25-13-15-5-3-2-4-6-15/h2-12,20,23H,13-14H2,1H3. The molecule has 2 heterocycles. The molecule has 0 bridgehead atoms. The molecular weight excluding hydrogens is 340 g/mol. The molecule has 0 amide bonds. The Kier molecular flexibility index (Phi) is 3.89. The maximum Gasteiger partial charge on any atom is 0.138 e. The number of hydrogen-bond acceptors (Lipinski definition) is 4. The zero-order valence-electron chi connectivity index (χ0n) is 15.1. The maximum absolute atomic E-state index is 6.25. The summed E-state index contributed by atoms with van der Waals surface area (Å²) in [5.41, 5.74) is 3.36. The van der Waals surface area contributed by atoms with Gasteiger partial charge in [-0.1, -0.05) is 30.3 Å². The molecule has 0 saturated heterocycles. The molecule has 0 N–H and O–H groups in total. The fourth-order valence-corrected chi connectivity index (χ4v) is 3.78. The third-order valence-corrected chi connectivity index (χ3v) is 5.19. The Labute approximate surface area is 158 Å². The Morgan fingerprint density at radius 1 is 0.889 bits per heavy atom. The average molecular weight is 360 g/mol. The molecule has 5 rings (SSSR count). The van der Waals surface area contributed by atoms with Crippen LogP contribution in [-0.2, 0) is 6.61 Å². The second kappa shape index (κ2) is 6.54. The Morgan fingerprint density at radius 2 is 1.74 bits per heavy atom. The third kappa shape index (κ3) is 2.87. The number of fused-ring (bicyclic) bond motifs is 5. The van der Waals surface area contributed by atoms with E-state index in [-0.39, 0.29) is 12.0 Å². The Balaban J connectivity index is 1.39. The van der Waals surface area contributed by atoms with Gasteiger partial charge in [-0.2, -0.15) is 0 Å². The van der Waals surface area contributed by atoms with Crippen LogP contribution in [0.25, 0.3) is 0 Å². The molecule has 0 aromatic heterocycles.